The third-order valence-corrected chi connectivity index (χ3v) is 5.59. The van der Waals surface area contributed by atoms with Crippen molar-refractivity contribution in [1.82, 2.24) is 10.2 Å². The predicted molar refractivity (Wildman–Crippen MR) is 97.6 cm³/mol. The standard InChI is InChI=1S/C17H20Cl2N2OS/c18-14-4-3-13(15(19)10-14)11-20-12-16(17-2-1-9-23-17)21-5-7-22-8-6-21/h1-4,9-10,16,20H,5-8,11-12H2. The first-order chi connectivity index (χ1) is 11.2. The monoisotopic (exact) mass is 370 g/mol. The number of hydrogen-bond acceptors (Lipinski definition) is 4. The molecule has 3 rings (SSSR count). The van der Waals surface area contributed by atoms with Crippen molar-refractivity contribution in [1.29, 1.82) is 0 Å². The molecule has 0 saturated carbocycles. The van der Waals surface area contributed by atoms with E-state index in [-0.39, 0.29) is 0 Å². The van der Waals surface area contributed by atoms with Crippen molar-refractivity contribution in [3.63, 3.8) is 0 Å². The second-order valence-electron chi connectivity index (χ2n) is 5.55. The Balaban J connectivity index is 1.62. The zero-order valence-corrected chi connectivity index (χ0v) is 15.1. The summed E-state index contributed by atoms with van der Waals surface area (Å²) in [5.74, 6) is 0. The molecule has 0 spiro atoms. The molecule has 0 bridgehead atoms. The molecule has 1 aromatic carbocycles. The first-order valence-electron chi connectivity index (χ1n) is 7.74. The molecule has 2 heterocycles. The summed E-state index contributed by atoms with van der Waals surface area (Å²) in [6.45, 7) is 5.20. The molecule has 1 atom stereocenters. The van der Waals surface area contributed by atoms with Gasteiger partial charge in [0.15, 0.2) is 0 Å². The molecule has 1 fully saturated rings. The van der Waals surface area contributed by atoms with Gasteiger partial charge in [-0.25, -0.2) is 0 Å². The average Bonchev–Trinajstić information content (AvgIpc) is 3.08. The summed E-state index contributed by atoms with van der Waals surface area (Å²) in [5, 5.41) is 7.06. The number of nitrogens with one attached hydrogen (secondary N) is 1. The largest absolute Gasteiger partial charge is 0.379 e. The van der Waals surface area contributed by atoms with Gasteiger partial charge in [0.05, 0.1) is 19.3 Å². The number of nitrogens with zero attached hydrogens (tertiary/aromatic N) is 1. The lowest BCUT2D eigenvalue weighted by Crippen LogP contribution is -2.42. The van der Waals surface area contributed by atoms with E-state index in [1.165, 1.54) is 4.88 Å². The van der Waals surface area contributed by atoms with Crippen molar-refractivity contribution in [3.8, 4) is 0 Å². The third-order valence-electron chi connectivity index (χ3n) is 4.03. The highest BCUT2D eigenvalue weighted by Crippen LogP contribution is 2.26. The van der Waals surface area contributed by atoms with Crippen molar-refractivity contribution in [2.24, 2.45) is 0 Å². The normalized spacial score (nSPS) is 17.3. The Bertz CT molecular complexity index is 615. The number of benzene rings is 1. The molecule has 1 unspecified atom stereocenters. The minimum Gasteiger partial charge on any atom is -0.379 e. The quantitative estimate of drug-likeness (QED) is 0.823. The van der Waals surface area contributed by atoms with Crippen LogP contribution in [0.3, 0.4) is 0 Å². The fraction of sp³-hybridized carbons (Fsp3) is 0.412. The summed E-state index contributed by atoms with van der Waals surface area (Å²) in [6.07, 6.45) is 0. The van der Waals surface area contributed by atoms with Gasteiger partial charge in [-0.05, 0) is 29.1 Å². The average molecular weight is 371 g/mol. The summed E-state index contributed by atoms with van der Waals surface area (Å²) in [4.78, 5) is 3.88. The lowest BCUT2D eigenvalue weighted by molar-refractivity contribution is 0.0168. The molecule has 0 amide bonds. The fourth-order valence-electron chi connectivity index (χ4n) is 2.79. The van der Waals surface area contributed by atoms with Crippen LogP contribution in [0.25, 0.3) is 0 Å². The van der Waals surface area contributed by atoms with Crippen LogP contribution in [-0.4, -0.2) is 37.7 Å². The van der Waals surface area contributed by atoms with Crippen LogP contribution in [-0.2, 0) is 11.3 Å². The molecule has 1 aromatic heterocycles. The van der Waals surface area contributed by atoms with Gasteiger partial charge in [-0.3, -0.25) is 4.90 Å². The van der Waals surface area contributed by atoms with E-state index in [4.69, 9.17) is 27.9 Å². The van der Waals surface area contributed by atoms with Gasteiger partial charge in [0.25, 0.3) is 0 Å². The number of hydrogen-bond donors (Lipinski definition) is 1. The van der Waals surface area contributed by atoms with Crippen LogP contribution in [0.2, 0.25) is 10.0 Å². The van der Waals surface area contributed by atoms with Crippen LogP contribution in [0.15, 0.2) is 35.7 Å². The Kier molecular flexibility index (Phi) is 6.34. The highest BCUT2D eigenvalue weighted by molar-refractivity contribution is 7.10. The van der Waals surface area contributed by atoms with Crippen molar-refractivity contribution in [3.05, 3.63) is 56.2 Å². The van der Waals surface area contributed by atoms with Crippen molar-refractivity contribution < 1.29 is 4.74 Å². The third kappa shape index (κ3) is 4.69. The van der Waals surface area contributed by atoms with E-state index in [0.29, 0.717) is 16.1 Å². The maximum atomic E-state index is 6.24. The van der Waals surface area contributed by atoms with E-state index in [1.54, 1.807) is 6.07 Å². The van der Waals surface area contributed by atoms with E-state index in [0.717, 1.165) is 45.0 Å². The fourth-order valence-corrected chi connectivity index (χ4v) is 4.12. The van der Waals surface area contributed by atoms with Gasteiger partial charge < -0.3 is 10.1 Å². The van der Waals surface area contributed by atoms with Gasteiger partial charge in [0.1, 0.15) is 0 Å². The summed E-state index contributed by atoms with van der Waals surface area (Å²) in [5.41, 5.74) is 1.07. The number of halogens is 2. The molecular formula is C17H20Cl2N2OS. The Hall–Kier alpha value is -0.620. The zero-order valence-electron chi connectivity index (χ0n) is 12.8. The van der Waals surface area contributed by atoms with Gasteiger partial charge in [-0.2, -0.15) is 0 Å². The van der Waals surface area contributed by atoms with Gasteiger partial charge >= 0.3 is 0 Å². The molecule has 1 aliphatic rings. The molecule has 2 aromatic rings. The van der Waals surface area contributed by atoms with Crippen LogP contribution in [0.4, 0.5) is 0 Å². The lowest BCUT2D eigenvalue weighted by atomic mass is 10.1. The molecule has 1 saturated heterocycles. The molecule has 1 aliphatic heterocycles. The van der Waals surface area contributed by atoms with Gasteiger partial charge in [-0.15, -0.1) is 11.3 Å². The highest BCUT2D eigenvalue weighted by Gasteiger charge is 2.23. The Morgan fingerprint density at radius 3 is 2.74 bits per heavy atom. The van der Waals surface area contributed by atoms with Crippen molar-refractivity contribution in [2.75, 3.05) is 32.8 Å². The van der Waals surface area contributed by atoms with Crippen LogP contribution < -0.4 is 5.32 Å². The summed E-state index contributed by atoms with van der Waals surface area (Å²) in [6, 6.07) is 10.4. The SMILES string of the molecule is Clc1ccc(CNCC(c2cccs2)N2CCOCC2)c(Cl)c1. The summed E-state index contributed by atoms with van der Waals surface area (Å²) < 4.78 is 5.48. The number of ether oxygens (including phenoxy) is 1. The van der Waals surface area contributed by atoms with E-state index in [1.807, 2.05) is 23.5 Å². The Morgan fingerprint density at radius 1 is 1.22 bits per heavy atom. The highest BCUT2D eigenvalue weighted by atomic mass is 35.5. The second kappa shape index (κ2) is 8.47. The first-order valence-corrected chi connectivity index (χ1v) is 9.37. The number of rotatable bonds is 6. The molecule has 3 nitrogen and oxygen atoms in total. The molecule has 0 radical (unpaired) electrons. The van der Waals surface area contributed by atoms with Crippen LogP contribution in [0.5, 0.6) is 0 Å². The van der Waals surface area contributed by atoms with Gasteiger partial charge in [0.2, 0.25) is 0 Å². The molecule has 124 valence electrons. The van der Waals surface area contributed by atoms with Crippen molar-refractivity contribution in [2.45, 2.75) is 12.6 Å². The second-order valence-corrected chi connectivity index (χ2v) is 7.37. The topological polar surface area (TPSA) is 24.5 Å². The van der Waals surface area contributed by atoms with Crippen molar-refractivity contribution >= 4 is 34.5 Å². The Morgan fingerprint density at radius 2 is 2.04 bits per heavy atom. The minimum atomic E-state index is 0.380. The molecule has 23 heavy (non-hydrogen) atoms. The molecule has 1 N–H and O–H groups in total. The Labute approximate surface area is 151 Å². The number of morpholine rings is 1. The summed E-state index contributed by atoms with van der Waals surface area (Å²) in [7, 11) is 0. The van der Waals surface area contributed by atoms with Crippen LogP contribution >= 0.6 is 34.5 Å². The molecule has 0 aliphatic carbocycles. The predicted octanol–water partition coefficient (Wildman–Crippen LogP) is 4.22. The van der Waals surface area contributed by atoms with Gasteiger partial charge in [0, 0.05) is 41.1 Å². The van der Waals surface area contributed by atoms with E-state index < -0.39 is 0 Å². The minimum absolute atomic E-state index is 0.380. The van der Waals surface area contributed by atoms with Crippen LogP contribution in [0, 0.1) is 0 Å². The van der Waals surface area contributed by atoms with E-state index >= 15 is 0 Å². The molecular weight excluding hydrogens is 351 g/mol. The molecule has 6 heteroatoms. The van der Waals surface area contributed by atoms with Gasteiger partial charge in [-0.1, -0.05) is 35.3 Å². The maximum Gasteiger partial charge on any atom is 0.0594 e. The van der Waals surface area contributed by atoms with Crippen LogP contribution in [0.1, 0.15) is 16.5 Å². The first kappa shape index (κ1) is 17.2. The van der Waals surface area contributed by atoms with E-state index in [2.05, 4.69) is 27.7 Å². The zero-order chi connectivity index (χ0) is 16.1. The smallest absolute Gasteiger partial charge is 0.0594 e. The maximum absolute atomic E-state index is 6.24. The number of thiophene rings is 1. The summed E-state index contributed by atoms with van der Waals surface area (Å²) >= 11 is 14.0. The lowest BCUT2D eigenvalue weighted by Gasteiger charge is -2.34. The van der Waals surface area contributed by atoms with E-state index in [9.17, 15) is 0 Å².